The molecule has 5 heteroatoms. The van der Waals surface area contributed by atoms with Gasteiger partial charge in [-0.15, -0.1) is 0 Å². The Hall–Kier alpha value is -2.17. The first-order valence-electron chi connectivity index (χ1n) is 7.09. The summed E-state index contributed by atoms with van der Waals surface area (Å²) in [6, 6.07) is 3.75. The van der Waals surface area contributed by atoms with Gasteiger partial charge >= 0.3 is 0 Å². The lowest BCUT2D eigenvalue weighted by Gasteiger charge is -2.20. The van der Waals surface area contributed by atoms with E-state index in [1.165, 1.54) is 6.42 Å². The fourth-order valence-electron chi connectivity index (χ4n) is 2.63. The Kier molecular flexibility index (Phi) is 3.76. The highest BCUT2D eigenvalue weighted by Gasteiger charge is 2.21. The van der Waals surface area contributed by atoms with Crippen molar-refractivity contribution in [3.63, 3.8) is 0 Å². The monoisotopic (exact) mass is 270 g/mol. The Morgan fingerprint density at radius 1 is 1.20 bits per heavy atom. The van der Waals surface area contributed by atoms with Gasteiger partial charge < -0.3 is 5.32 Å². The van der Waals surface area contributed by atoms with Crippen molar-refractivity contribution in [2.24, 2.45) is 5.92 Å². The van der Waals surface area contributed by atoms with E-state index in [4.69, 9.17) is 0 Å². The van der Waals surface area contributed by atoms with E-state index in [1.807, 2.05) is 18.3 Å². The molecule has 1 aliphatic rings. The average Bonchev–Trinajstić information content (AvgIpc) is 2.97. The molecule has 104 valence electrons. The van der Waals surface area contributed by atoms with Gasteiger partial charge in [-0.1, -0.05) is 19.3 Å². The van der Waals surface area contributed by atoms with Crippen molar-refractivity contribution in [2.75, 3.05) is 5.32 Å². The van der Waals surface area contributed by atoms with Gasteiger partial charge in [-0.25, -0.2) is 4.68 Å². The van der Waals surface area contributed by atoms with Crippen LogP contribution in [0.4, 0.5) is 5.69 Å². The number of nitrogens with zero attached hydrogens (tertiary/aromatic N) is 3. The maximum atomic E-state index is 12.2. The summed E-state index contributed by atoms with van der Waals surface area (Å²) in [6.45, 7) is 0. The first kappa shape index (κ1) is 12.8. The maximum absolute atomic E-state index is 12.2. The van der Waals surface area contributed by atoms with Gasteiger partial charge in [0.25, 0.3) is 0 Å². The van der Waals surface area contributed by atoms with Crippen LogP contribution in [0, 0.1) is 5.92 Å². The number of carbonyl (C=O) groups excluding carboxylic acids is 1. The molecule has 0 bridgehead atoms. The molecule has 0 aromatic carbocycles. The maximum Gasteiger partial charge on any atom is 0.227 e. The summed E-state index contributed by atoms with van der Waals surface area (Å²) in [5.41, 5.74) is 1.68. The second-order valence-corrected chi connectivity index (χ2v) is 5.20. The number of hydrogen-bond donors (Lipinski definition) is 1. The van der Waals surface area contributed by atoms with E-state index in [0.29, 0.717) is 0 Å². The molecule has 1 N–H and O–H groups in total. The molecule has 2 aromatic heterocycles. The third kappa shape index (κ3) is 2.87. The van der Waals surface area contributed by atoms with Crippen molar-refractivity contribution in [3.05, 3.63) is 36.9 Å². The number of pyridine rings is 1. The highest BCUT2D eigenvalue weighted by atomic mass is 16.1. The molecular formula is C15H18N4O. The van der Waals surface area contributed by atoms with E-state index in [2.05, 4.69) is 15.4 Å². The third-order valence-electron chi connectivity index (χ3n) is 3.75. The molecule has 0 aliphatic heterocycles. The van der Waals surface area contributed by atoms with Gasteiger partial charge in [-0.3, -0.25) is 9.78 Å². The lowest BCUT2D eigenvalue weighted by Crippen LogP contribution is -2.24. The van der Waals surface area contributed by atoms with Crippen LogP contribution in [0.5, 0.6) is 0 Å². The smallest absolute Gasteiger partial charge is 0.227 e. The van der Waals surface area contributed by atoms with Crippen LogP contribution in [0.2, 0.25) is 0 Å². The van der Waals surface area contributed by atoms with E-state index in [0.717, 1.165) is 37.1 Å². The number of nitrogens with one attached hydrogen (secondary N) is 1. The van der Waals surface area contributed by atoms with Gasteiger partial charge in [-0.05, 0) is 25.0 Å². The second kappa shape index (κ2) is 5.86. The summed E-state index contributed by atoms with van der Waals surface area (Å²) < 4.78 is 1.73. The predicted octanol–water partition coefficient (Wildman–Crippen LogP) is 2.79. The van der Waals surface area contributed by atoms with Gasteiger partial charge in [0.1, 0.15) is 0 Å². The normalized spacial score (nSPS) is 16.0. The molecule has 1 aliphatic carbocycles. The summed E-state index contributed by atoms with van der Waals surface area (Å²) >= 11 is 0. The van der Waals surface area contributed by atoms with Crippen molar-refractivity contribution in [1.29, 1.82) is 0 Å². The van der Waals surface area contributed by atoms with Crippen molar-refractivity contribution < 1.29 is 4.79 Å². The molecule has 0 spiro atoms. The summed E-state index contributed by atoms with van der Waals surface area (Å²) in [5, 5.41) is 7.22. The second-order valence-electron chi connectivity index (χ2n) is 5.20. The van der Waals surface area contributed by atoms with Gasteiger partial charge in [0.05, 0.1) is 23.8 Å². The SMILES string of the molecule is O=C(Nc1cnn(-c2ccncc2)c1)C1CCCCC1. The lowest BCUT2D eigenvalue weighted by molar-refractivity contribution is -0.120. The summed E-state index contributed by atoms with van der Waals surface area (Å²) in [6.07, 6.45) is 12.5. The van der Waals surface area contributed by atoms with Crippen LogP contribution in [0.3, 0.4) is 0 Å². The Balaban J connectivity index is 1.66. The van der Waals surface area contributed by atoms with Crippen LogP contribution in [0.15, 0.2) is 36.9 Å². The van der Waals surface area contributed by atoms with E-state index >= 15 is 0 Å². The fraction of sp³-hybridized carbons (Fsp3) is 0.400. The zero-order valence-electron chi connectivity index (χ0n) is 11.3. The van der Waals surface area contributed by atoms with E-state index in [1.54, 1.807) is 23.3 Å². The van der Waals surface area contributed by atoms with Crippen LogP contribution in [-0.2, 0) is 4.79 Å². The number of anilines is 1. The van der Waals surface area contributed by atoms with Crippen molar-refractivity contribution in [1.82, 2.24) is 14.8 Å². The lowest BCUT2D eigenvalue weighted by atomic mass is 9.89. The van der Waals surface area contributed by atoms with Crippen LogP contribution >= 0.6 is 0 Å². The number of hydrogen-bond acceptors (Lipinski definition) is 3. The molecule has 5 nitrogen and oxygen atoms in total. The van der Waals surface area contributed by atoms with Gasteiger partial charge in [-0.2, -0.15) is 5.10 Å². The molecule has 20 heavy (non-hydrogen) atoms. The summed E-state index contributed by atoms with van der Waals surface area (Å²) in [7, 11) is 0. The number of aromatic nitrogens is 3. The van der Waals surface area contributed by atoms with E-state index < -0.39 is 0 Å². The highest BCUT2D eigenvalue weighted by Crippen LogP contribution is 2.25. The largest absolute Gasteiger partial charge is 0.323 e. The minimum Gasteiger partial charge on any atom is -0.323 e. The van der Waals surface area contributed by atoms with Crippen molar-refractivity contribution in [2.45, 2.75) is 32.1 Å². The molecule has 1 amide bonds. The minimum atomic E-state index is 0.124. The van der Waals surface area contributed by atoms with Crippen LogP contribution < -0.4 is 5.32 Å². The standard InChI is InChI=1S/C15H18N4O/c20-15(12-4-2-1-3-5-12)18-13-10-17-19(11-13)14-6-8-16-9-7-14/h6-12H,1-5H2,(H,18,20). The van der Waals surface area contributed by atoms with Gasteiger partial charge in [0.2, 0.25) is 5.91 Å². The number of carbonyl (C=O) groups is 1. The van der Waals surface area contributed by atoms with E-state index in [-0.39, 0.29) is 11.8 Å². The first-order chi connectivity index (χ1) is 9.83. The minimum absolute atomic E-state index is 0.124. The first-order valence-corrected chi connectivity index (χ1v) is 7.09. The van der Waals surface area contributed by atoms with Gasteiger partial charge in [0.15, 0.2) is 0 Å². The fourth-order valence-corrected chi connectivity index (χ4v) is 2.63. The molecule has 2 aromatic rings. The predicted molar refractivity (Wildman–Crippen MR) is 76.6 cm³/mol. The summed E-state index contributed by atoms with van der Waals surface area (Å²) in [5.74, 6) is 0.284. The topological polar surface area (TPSA) is 59.8 Å². The number of rotatable bonds is 3. The molecule has 0 saturated heterocycles. The zero-order chi connectivity index (χ0) is 13.8. The molecule has 3 rings (SSSR count). The molecule has 1 fully saturated rings. The van der Waals surface area contributed by atoms with Crippen LogP contribution in [-0.4, -0.2) is 20.7 Å². The molecule has 0 atom stereocenters. The molecule has 0 unspecified atom stereocenters. The quantitative estimate of drug-likeness (QED) is 0.933. The Labute approximate surface area is 118 Å². The molecule has 1 saturated carbocycles. The van der Waals surface area contributed by atoms with E-state index in [9.17, 15) is 4.79 Å². The van der Waals surface area contributed by atoms with Crippen molar-refractivity contribution in [3.8, 4) is 5.69 Å². The zero-order valence-corrected chi connectivity index (χ0v) is 11.3. The van der Waals surface area contributed by atoms with Crippen LogP contribution in [0.1, 0.15) is 32.1 Å². The molecule has 2 heterocycles. The highest BCUT2D eigenvalue weighted by molar-refractivity contribution is 5.92. The van der Waals surface area contributed by atoms with Crippen molar-refractivity contribution >= 4 is 11.6 Å². The summed E-state index contributed by atoms with van der Waals surface area (Å²) in [4.78, 5) is 16.1. The molecule has 0 radical (unpaired) electrons. The Bertz CT molecular complexity index is 573. The van der Waals surface area contributed by atoms with Gasteiger partial charge in [0, 0.05) is 18.3 Å². The number of amides is 1. The average molecular weight is 270 g/mol. The Morgan fingerprint density at radius 3 is 2.70 bits per heavy atom. The molecular weight excluding hydrogens is 252 g/mol. The van der Waals surface area contributed by atoms with Crippen LogP contribution in [0.25, 0.3) is 5.69 Å². The third-order valence-corrected chi connectivity index (χ3v) is 3.75. The Morgan fingerprint density at radius 2 is 1.95 bits per heavy atom.